The first-order valence-corrected chi connectivity index (χ1v) is 9.71. The van der Waals surface area contributed by atoms with Crippen LogP contribution < -0.4 is 10.5 Å². The van der Waals surface area contributed by atoms with Crippen LogP contribution in [0.15, 0.2) is 18.3 Å². The number of halogens is 5. The van der Waals surface area contributed by atoms with E-state index in [4.69, 9.17) is 10.5 Å². The summed E-state index contributed by atoms with van der Waals surface area (Å²) in [4.78, 5) is 10.3. The fourth-order valence-electron chi connectivity index (χ4n) is 4.35. The molecule has 162 valence electrons. The van der Waals surface area contributed by atoms with E-state index in [-0.39, 0.29) is 17.6 Å². The molecule has 1 aromatic carbocycles. The van der Waals surface area contributed by atoms with Crippen LogP contribution in [0.2, 0.25) is 0 Å². The van der Waals surface area contributed by atoms with E-state index < -0.39 is 42.4 Å². The van der Waals surface area contributed by atoms with Gasteiger partial charge in [-0.25, -0.2) is 26.9 Å². The molecule has 1 aromatic heterocycles. The third kappa shape index (κ3) is 4.24. The number of aromatic nitrogens is 2. The lowest BCUT2D eigenvalue weighted by Crippen LogP contribution is -2.44. The van der Waals surface area contributed by atoms with Crippen molar-refractivity contribution in [2.75, 3.05) is 6.61 Å². The summed E-state index contributed by atoms with van der Waals surface area (Å²) in [6, 6.07) is 1.07. The Kier molecular flexibility index (Phi) is 5.88. The Morgan fingerprint density at radius 3 is 2.60 bits per heavy atom. The highest BCUT2D eigenvalue weighted by molar-refractivity contribution is 5.27. The van der Waals surface area contributed by atoms with Crippen molar-refractivity contribution in [1.29, 1.82) is 0 Å². The van der Waals surface area contributed by atoms with E-state index in [2.05, 4.69) is 14.9 Å². The molecule has 1 aliphatic carbocycles. The van der Waals surface area contributed by atoms with Gasteiger partial charge >= 0.3 is 6.01 Å². The van der Waals surface area contributed by atoms with Crippen molar-refractivity contribution in [3.05, 3.63) is 52.6 Å². The van der Waals surface area contributed by atoms with Gasteiger partial charge in [0.15, 0.2) is 18.2 Å². The first-order chi connectivity index (χ1) is 14.3. The van der Waals surface area contributed by atoms with E-state index in [0.29, 0.717) is 38.4 Å². The van der Waals surface area contributed by atoms with Gasteiger partial charge in [0.05, 0.1) is 5.69 Å². The van der Waals surface area contributed by atoms with E-state index in [1.807, 2.05) is 0 Å². The quantitative estimate of drug-likeness (QED) is 0.583. The molecule has 10 heteroatoms. The SMILES string of the molecule is N[C@H]1C[C@@H](N2Cc3cnc(OCC(F)F)nc3C2)CC[C@@H]1c1cc(F)c(F)cc1F. The Balaban J connectivity index is 1.41. The number of hydrogen-bond acceptors (Lipinski definition) is 5. The number of benzene rings is 1. The largest absolute Gasteiger partial charge is 0.457 e. The molecule has 4 rings (SSSR count). The maximum atomic E-state index is 14.2. The van der Waals surface area contributed by atoms with Gasteiger partial charge in [-0.1, -0.05) is 0 Å². The summed E-state index contributed by atoms with van der Waals surface area (Å²) < 4.78 is 70.5. The Hall–Kier alpha value is -2.33. The number of nitrogens with two attached hydrogens (primary N) is 1. The third-order valence-corrected chi connectivity index (χ3v) is 5.82. The maximum absolute atomic E-state index is 14.2. The molecule has 1 fully saturated rings. The van der Waals surface area contributed by atoms with Crippen LogP contribution in [0.5, 0.6) is 6.01 Å². The fourth-order valence-corrected chi connectivity index (χ4v) is 4.35. The minimum atomic E-state index is -2.60. The van der Waals surface area contributed by atoms with Gasteiger partial charge in [-0.2, -0.15) is 4.98 Å². The summed E-state index contributed by atoms with van der Waals surface area (Å²) >= 11 is 0. The summed E-state index contributed by atoms with van der Waals surface area (Å²) in [6.45, 7) is 0.332. The number of ether oxygens (including phenoxy) is 1. The van der Waals surface area contributed by atoms with Crippen LogP contribution in [-0.4, -0.2) is 40.0 Å². The van der Waals surface area contributed by atoms with Crippen LogP contribution in [-0.2, 0) is 13.1 Å². The first kappa shape index (κ1) is 20.9. The summed E-state index contributed by atoms with van der Waals surface area (Å²) in [5.41, 5.74) is 8.01. The third-order valence-electron chi connectivity index (χ3n) is 5.82. The smallest absolute Gasteiger partial charge is 0.316 e. The highest BCUT2D eigenvalue weighted by Gasteiger charge is 2.36. The molecule has 5 nitrogen and oxygen atoms in total. The van der Waals surface area contributed by atoms with Gasteiger partial charge < -0.3 is 10.5 Å². The predicted octanol–water partition coefficient (Wildman–Crippen LogP) is 3.52. The summed E-state index contributed by atoms with van der Waals surface area (Å²) in [7, 11) is 0. The molecular weight excluding hydrogens is 407 g/mol. The fraction of sp³-hybridized carbons (Fsp3) is 0.500. The van der Waals surface area contributed by atoms with Gasteiger partial charge in [0.2, 0.25) is 0 Å². The molecular formula is C20H21F5N4O. The average molecular weight is 428 g/mol. The van der Waals surface area contributed by atoms with E-state index >= 15 is 0 Å². The second-order valence-corrected chi connectivity index (χ2v) is 7.76. The number of fused-ring (bicyclic) bond motifs is 1. The molecule has 0 amide bonds. The molecule has 2 aromatic rings. The number of nitrogens with zero attached hydrogens (tertiary/aromatic N) is 3. The summed E-state index contributed by atoms with van der Waals surface area (Å²) in [5, 5.41) is 0. The van der Waals surface area contributed by atoms with Crippen LogP contribution in [0.3, 0.4) is 0 Å². The van der Waals surface area contributed by atoms with Gasteiger partial charge in [0, 0.05) is 48.9 Å². The van der Waals surface area contributed by atoms with Crippen molar-refractivity contribution in [2.24, 2.45) is 5.73 Å². The Morgan fingerprint density at radius 1 is 1.10 bits per heavy atom. The van der Waals surface area contributed by atoms with Crippen LogP contribution in [0.25, 0.3) is 0 Å². The highest BCUT2D eigenvalue weighted by atomic mass is 19.3. The Bertz CT molecular complexity index is 928. The molecule has 2 heterocycles. The normalized spacial score (nSPS) is 24.3. The highest BCUT2D eigenvalue weighted by Crippen LogP contribution is 2.38. The minimum Gasteiger partial charge on any atom is -0.457 e. The second-order valence-electron chi connectivity index (χ2n) is 7.76. The van der Waals surface area contributed by atoms with Crippen molar-refractivity contribution in [3.8, 4) is 6.01 Å². The Labute approximate surface area is 170 Å². The summed E-state index contributed by atoms with van der Waals surface area (Å²) in [5.74, 6) is -3.48. The lowest BCUT2D eigenvalue weighted by molar-refractivity contribution is 0.0768. The van der Waals surface area contributed by atoms with E-state index in [0.717, 1.165) is 17.3 Å². The molecule has 1 aliphatic heterocycles. The van der Waals surface area contributed by atoms with Gasteiger partial charge in [0.25, 0.3) is 6.43 Å². The number of hydrogen-bond donors (Lipinski definition) is 1. The zero-order valence-electron chi connectivity index (χ0n) is 16.0. The van der Waals surface area contributed by atoms with E-state index in [1.165, 1.54) is 0 Å². The summed E-state index contributed by atoms with van der Waals surface area (Å²) in [6.07, 6.45) is 0.765. The van der Waals surface area contributed by atoms with Crippen LogP contribution in [0.1, 0.15) is 42.0 Å². The Morgan fingerprint density at radius 2 is 1.87 bits per heavy atom. The monoisotopic (exact) mass is 428 g/mol. The molecule has 3 atom stereocenters. The lowest BCUT2D eigenvalue weighted by Gasteiger charge is -2.38. The van der Waals surface area contributed by atoms with Gasteiger partial charge in [-0.15, -0.1) is 0 Å². The maximum Gasteiger partial charge on any atom is 0.316 e. The topological polar surface area (TPSA) is 64.3 Å². The number of rotatable bonds is 5. The average Bonchev–Trinajstić information content (AvgIpc) is 3.13. The molecule has 0 unspecified atom stereocenters. The van der Waals surface area contributed by atoms with Crippen LogP contribution >= 0.6 is 0 Å². The molecule has 2 N–H and O–H groups in total. The van der Waals surface area contributed by atoms with Crippen molar-refractivity contribution in [2.45, 2.75) is 56.8 Å². The van der Waals surface area contributed by atoms with Gasteiger partial charge in [0.1, 0.15) is 5.82 Å². The minimum absolute atomic E-state index is 0.0786. The van der Waals surface area contributed by atoms with Crippen LogP contribution in [0.4, 0.5) is 22.0 Å². The number of alkyl halides is 2. The van der Waals surface area contributed by atoms with Crippen LogP contribution in [0, 0.1) is 17.5 Å². The van der Waals surface area contributed by atoms with Gasteiger partial charge in [-0.05, 0) is 30.9 Å². The zero-order valence-corrected chi connectivity index (χ0v) is 16.0. The van der Waals surface area contributed by atoms with Crippen molar-refractivity contribution < 1.29 is 26.7 Å². The standard InChI is InChI=1S/C20H21F5N4O/c21-14-5-16(23)15(22)4-13(14)12-2-1-11(3-17(12)26)29-7-10-6-27-20(28-18(10)8-29)30-9-19(24)25/h4-6,11-12,17,19H,1-3,7-9,26H2/t11-,12+,17-/m0/s1. The predicted molar refractivity (Wildman–Crippen MR) is 97.4 cm³/mol. The molecule has 0 spiro atoms. The van der Waals surface area contributed by atoms with Crippen molar-refractivity contribution in [3.63, 3.8) is 0 Å². The van der Waals surface area contributed by atoms with Crippen molar-refractivity contribution >= 4 is 0 Å². The first-order valence-electron chi connectivity index (χ1n) is 9.71. The molecule has 2 aliphatic rings. The molecule has 1 saturated carbocycles. The van der Waals surface area contributed by atoms with E-state index in [9.17, 15) is 22.0 Å². The van der Waals surface area contributed by atoms with Crippen molar-refractivity contribution in [1.82, 2.24) is 14.9 Å². The second kappa shape index (κ2) is 8.43. The zero-order chi connectivity index (χ0) is 21.4. The molecule has 30 heavy (non-hydrogen) atoms. The molecule has 0 bridgehead atoms. The molecule has 0 radical (unpaired) electrons. The lowest BCUT2D eigenvalue weighted by atomic mass is 9.77. The van der Waals surface area contributed by atoms with Gasteiger partial charge in [-0.3, -0.25) is 4.90 Å². The van der Waals surface area contributed by atoms with E-state index in [1.54, 1.807) is 6.20 Å². The molecule has 0 saturated heterocycles.